The van der Waals surface area contributed by atoms with Crippen LogP contribution in [0.25, 0.3) is 0 Å². The van der Waals surface area contributed by atoms with Gasteiger partial charge in [0.25, 0.3) is 5.91 Å². The van der Waals surface area contributed by atoms with Crippen LogP contribution in [0, 0.1) is 6.92 Å². The summed E-state index contributed by atoms with van der Waals surface area (Å²) in [6, 6.07) is 1.75. The van der Waals surface area contributed by atoms with Crippen molar-refractivity contribution in [1.29, 1.82) is 0 Å². The van der Waals surface area contributed by atoms with Gasteiger partial charge in [0.05, 0.1) is 0 Å². The Bertz CT molecular complexity index is 296. The summed E-state index contributed by atoms with van der Waals surface area (Å²) in [6.07, 6.45) is 0. The number of nitrogens with one attached hydrogen (secondary N) is 1. The van der Waals surface area contributed by atoms with Gasteiger partial charge in [-0.15, -0.1) is 0 Å². The summed E-state index contributed by atoms with van der Waals surface area (Å²) in [5, 5.41) is 5.63. The number of hydrogen-bond acceptors (Lipinski definition) is 3. The molecule has 1 N–H and O–H groups in total. The molecule has 0 saturated carbocycles. The SMILES string of the molecule is Cc1cc(C(=O)NN(C)C)nn1C. The zero-order valence-electron chi connectivity index (χ0n) is 8.33. The second-order valence-electron chi connectivity index (χ2n) is 3.13. The van der Waals surface area contributed by atoms with Crippen molar-refractivity contribution >= 4 is 5.91 Å². The van der Waals surface area contributed by atoms with Crippen LogP contribution in [0.3, 0.4) is 0 Å². The highest BCUT2D eigenvalue weighted by Gasteiger charge is 2.10. The molecule has 1 amide bonds. The lowest BCUT2D eigenvalue weighted by molar-refractivity contribution is 0.0851. The molecular formula is C8H14N4O. The van der Waals surface area contributed by atoms with Gasteiger partial charge in [-0.25, -0.2) is 5.01 Å². The van der Waals surface area contributed by atoms with Crippen molar-refractivity contribution in [1.82, 2.24) is 20.2 Å². The number of aryl methyl sites for hydroxylation is 2. The molecule has 0 bridgehead atoms. The van der Waals surface area contributed by atoms with E-state index in [2.05, 4.69) is 10.5 Å². The summed E-state index contributed by atoms with van der Waals surface area (Å²) in [5.74, 6) is -0.186. The first-order valence-electron chi connectivity index (χ1n) is 3.99. The van der Waals surface area contributed by atoms with Gasteiger partial charge in [-0.3, -0.25) is 14.9 Å². The van der Waals surface area contributed by atoms with Crippen LogP contribution in [0.5, 0.6) is 0 Å². The number of carbonyl (C=O) groups excluding carboxylic acids is 1. The van der Waals surface area contributed by atoms with E-state index in [0.29, 0.717) is 5.69 Å². The first-order valence-corrected chi connectivity index (χ1v) is 3.99. The highest BCUT2D eigenvalue weighted by Crippen LogP contribution is 2.00. The van der Waals surface area contributed by atoms with Gasteiger partial charge in [0.15, 0.2) is 5.69 Å². The summed E-state index contributed by atoms with van der Waals surface area (Å²) < 4.78 is 1.67. The molecule has 1 rings (SSSR count). The van der Waals surface area contributed by atoms with Crippen molar-refractivity contribution in [3.63, 3.8) is 0 Å². The molecule has 0 aromatic carbocycles. The second-order valence-corrected chi connectivity index (χ2v) is 3.13. The predicted octanol–water partition coefficient (Wildman–Crippen LogP) is -0.0651. The zero-order chi connectivity index (χ0) is 10.0. The van der Waals surface area contributed by atoms with Gasteiger partial charge in [-0.05, 0) is 13.0 Å². The normalized spacial score (nSPS) is 10.5. The van der Waals surface area contributed by atoms with E-state index in [0.717, 1.165) is 5.69 Å². The highest BCUT2D eigenvalue weighted by molar-refractivity contribution is 5.91. The number of rotatable bonds is 2. The molecule has 1 aromatic rings. The summed E-state index contributed by atoms with van der Waals surface area (Å²) in [7, 11) is 5.32. The van der Waals surface area contributed by atoms with E-state index in [4.69, 9.17) is 0 Å². The molecule has 0 atom stereocenters. The molecule has 0 aliphatic carbocycles. The number of carbonyl (C=O) groups is 1. The minimum atomic E-state index is -0.186. The van der Waals surface area contributed by atoms with E-state index in [1.54, 1.807) is 29.9 Å². The minimum absolute atomic E-state index is 0.186. The molecule has 0 radical (unpaired) electrons. The van der Waals surface area contributed by atoms with E-state index in [9.17, 15) is 4.79 Å². The Kier molecular flexibility index (Phi) is 2.67. The van der Waals surface area contributed by atoms with Gasteiger partial charge in [-0.1, -0.05) is 0 Å². The second kappa shape index (κ2) is 3.57. The molecule has 5 heteroatoms. The van der Waals surface area contributed by atoms with E-state index in [-0.39, 0.29) is 5.91 Å². The Balaban J connectivity index is 2.77. The van der Waals surface area contributed by atoms with E-state index < -0.39 is 0 Å². The molecule has 1 heterocycles. The van der Waals surface area contributed by atoms with Crippen molar-refractivity contribution in [2.75, 3.05) is 14.1 Å². The molecule has 0 aliphatic heterocycles. The standard InChI is InChI=1S/C8H14N4O/c1-6-5-7(9-12(6)4)8(13)10-11(2)3/h5H,1-4H3,(H,10,13). The number of amides is 1. The van der Waals surface area contributed by atoms with Crippen molar-refractivity contribution in [2.45, 2.75) is 6.92 Å². The molecule has 0 saturated heterocycles. The Morgan fingerprint density at radius 3 is 2.62 bits per heavy atom. The third-order valence-electron chi connectivity index (χ3n) is 1.67. The Morgan fingerprint density at radius 2 is 2.23 bits per heavy atom. The Hall–Kier alpha value is -1.36. The topological polar surface area (TPSA) is 50.2 Å². The average molecular weight is 182 g/mol. The Morgan fingerprint density at radius 1 is 1.62 bits per heavy atom. The van der Waals surface area contributed by atoms with Crippen molar-refractivity contribution in [3.05, 3.63) is 17.5 Å². The van der Waals surface area contributed by atoms with E-state index in [1.165, 1.54) is 0 Å². The van der Waals surface area contributed by atoms with Crippen LogP contribution in [0.1, 0.15) is 16.2 Å². The van der Waals surface area contributed by atoms with Crippen molar-refractivity contribution in [2.24, 2.45) is 7.05 Å². The number of hydrogen-bond donors (Lipinski definition) is 1. The van der Waals surface area contributed by atoms with Crippen molar-refractivity contribution < 1.29 is 4.79 Å². The van der Waals surface area contributed by atoms with Gasteiger partial charge in [0.1, 0.15) is 0 Å². The lowest BCUT2D eigenvalue weighted by Gasteiger charge is -2.09. The zero-order valence-corrected chi connectivity index (χ0v) is 8.33. The lowest BCUT2D eigenvalue weighted by Crippen LogP contribution is -2.36. The summed E-state index contributed by atoms with van der Waals surface area (Å²) in [4.78, 5) is 11.4. The summed E-state index contributed by atoms with van der Waals surface area (Å²) in [6.45, 7) is 1.90. The van der Waals surface area contributed by atoms with E-state index in [1.807, 2.05) is 14.0 Å². The van der Waals surface area contributed by atoms with Gasteiger partial charge < -0.3 is 0 Å². The maximum Gasteiger partial charge on any atom is 0.286 e. The molecule has 72 valence electrons. The minimum Gasteiger partial charge on any atom is -0.284 e. The van der Waals surface area contributed by atoms with Gasteiger partial charge in [-0.2, -0.15) is 5.10 Å². The smallest absolute Gasteiger partial charge is 0.284 e. The number of hydrazine groups is 1. The fourth-order valence-electron chi connectivity index (χ4n) is 0.932. The largest absolute Gasteiger partial charge is 0.286 e. The van der Waals surface area contributed by atoms with Crippen LogP contribution in [0.4, 0.5) is 0 Å². The molecular weight excluding hydrogens is 168 g/mol. The van der Waals surface area contributed by atoms with Crippen molar-refractivity contribution in [3.8, 4) is 0 Å². The maximum absolute atomic E-state index is 11.4. The summed E-state index contributed by atoms with van der Waals surface area (Å²) in [5.41, 5.74) is 4.02. The molecule has 13 heavy (non-hydrogen) atoms. The molecule has 0 fully saturated rings. The molecule has 0 unspecified atom stereocenters. The van der Waals surface area contributed by atoms with Gasteiger partial charge in [0.2, 0.25) is 0 Å². The monoisotopic (exact) mass is 182 g/mol. The fraction of sp³-hybridized carbons (Fsp3) is 0.500. The fourth-order valence-corrected chi connectivity index (χ4v) is 0.932. The first-order chi connectivity index (χ1) is 6.00. The maximum atomic E-state index is 11.4. The third-order valence-corrected chi connectivity index (χ3v) is 1.67. The molecule has 1 aromatic heterocycles. The molecule has 0 spiro atoms. The van der Waals surface area contributed by atoms with Crippen LogP contribution in [0.15, 0.2) is 6.07 Å². The predicted molar refractivity (Wildman–Crippen MR) is 49.1 cm³/mol. The van der Waals surface area contributed by atoms with Crippen LogP contribution >= 0.6 is 0 Å². The van der Waals surface area contributed by atoms with Crippen LogP contribution in [-0.4, -0.2) is 34.8 Å². The highest BCUT2D eigenvalue weighted by atomic mass is 16.2. The molecule has 0 aliphatic rings. The van der Waals surface area contributed by atoms with Crippen LogP contribution in [-0.2, 0) is 7.05 Å². The number of nitrogens with zero attached hydrogens (tertiary/aromatic N) is 3. The summed E-state index contributed by atoms with van der Waals surface area (Å²) >= 11 is 0. The first kappa shape index (κ1) is 9.73. The van der Waals surface area contributed by atoms with Crippen LogP contribution in [0.2, 0.25) is 0 Å². The van der Waals surface area contributed by atoms with Gasteiger partial charge in [0, 0.05) is 26.8 Å². The average Bonchev–Trinajstić information content (AvgIpc) is 2.31. The Labute approximate surface area is 77.3 Å². The van der Waals surface area contributed by atoms with Crippen LogP contribution < -0.4 is 5.43 Å². The quantitative estimate of drug-likeness (QED) is 0.652. The van der Waals surface area contributed by atoms with Gasteiger partial charge >= 0.3 is 0 Å². The number of aromatic nitrogens is 2. The lowest BCUT2D eigenvalue weighted by atomic mass is 10.3. The van der Waals surface area contributed by atoms with E-state index >= 15 is 0 Å². The third kappa shape index (κ3) is 2.29. The molecule has 5 nitrogen and oxygen atoms in total.